The van der Waals surface area contributed by atoms with E-state index in [1.807, 2.05) is 0 Å². The Labute approximate surface area is 137 Å². The van der Waals surface area contributed by atoms with Gasteiger partial charge >= 0.3 is 12.4 Å². The molecule has 25 heavy (non-hydrogen) atoms. The van der Waals surface area contributed by atoms with Crippen molar-refractivity contribution in [1.82, 2.24) is 0 Å². The van der Waals surface area contributed by atoms with E-state index in [4.69, 9.17) is 11.5 Å². The van der Waals surface area contributed by atoms with Gasteiger partial charge < -0.3 is 21.7 Å². The van der Waals surface area contributed by atoms with Gasteiger partial charge in [-0.1, -0.05) is 18.2 Å². The lowest BCUT2D eigenvalue weighted by Gasteiger charge is -2.39. The van der Waals surface area contributed by atoms with Gasteiger partial charge in [-0.3, -0.25) is 0 Å². The van der Waals surface area contributed by atoms with E-state index in [-0.39, 0.29) is 0 Å². The Balaban J connectivity index is 3.00. The van der Waals surface area contributed by atoms with Crippen molar-refractivity contribution in [3.05, 3.63) is 47.5 Å². The second kappa shape index (κ2) is 5.64. The lowest BCUT2D eigenvalue weighted by molar-refractivity contribution is -0.288. The molecule has 0 aliphatic carbocycles. The van der Waals surface area contributed by atoms with Crippen molar-refractivity contribution in [2.45, 2.75) is 17.8 Å². The highest BCUT2D eigenvalue weighted by atomic mass is 19.4. The van der Waals surface area contributed by atoms with Crippen LogP contribution in [0.5, 0.6) is 11.5 Å². The quantitative estimate of drug-likeness (QED) is 0.371. The Hall–Kier alpha value is -2.78. The zero-order valence-corrected chi connectivity index (χ0v) is 12.3. The predicted octanol–water partition coefficient (Wildman–Crippen LogP) is 3.67. The van der Waals surface area contributed by atoms with Gasteiger partial charge in [0, 0.05) is 5.56 Å². The number of hydrogen-bond donors (Lipinski definition) is 4. The van der Waals surface area contributed by atoms with Gasteiger partial charge in [0.2, 0.25) is 5.41 Å². The van der Waals surface area contributed by atoms with E-state index in [9.17, 15) is 36.6 Å². The minimum Gasteiger partial charge on any atom is -0.508 e. The van der Waals surface area contributed by atoms with Gasteiger partial charge in [-0.05, 0) is 23.8 Å². The van der Waals surface area contributed by atoms with Crippen molar-refractivity contribution in [2.75, 3.05) is 11.5 Å². The molecule has 10 heteroatoms. The summed E-state index contributed by atoms with van der Waals surface area (Å²) >= 11 is 0. The van der Waals surface area contributed by atoms with Crippen LogP contribution in [0.4, 0.5) is 37.7 Å². The molecule has 6 N–H and O–H groups in total. The highest BCUT2D eigenvalue weighted by Crippen LogP contribution is 2.58. The molecule has 2 rings (SSSR count). The SMILES string of the molecule is Nc1c(O)ccc(C(c2ccc(O)cc2)(C(F)(F)F)C(F)(F)F)c1N. The summed E-state index contributed by atoms with van der Waals surface area (Å²) < 4.78 is 82.9. The van der Waals surface area contributed by atoms with Crippen molar-refractivity contribution in [1.29, 1.82) is 0 Å². The maximum absolute atomic E-state index is 13.8. The third kappa shape index (κ3) is 2.67. The number of alkyl halides is 6. The standard InChI is InChI=1S/C15H12F6N2O2/c16-14(17,18)13(15(19,20)21,7-1-3-8(24)4-2-7)9-5-6-10(25)12(23)11(9)22/h1-6,24-25H,22-23H2. The van der Waals surface area contributed by atoms with Crippen molar-refractivity contribution in [2.24, 2.45) is 0 Å². The van der Waals surface area contributed by atoms with Crippen LogP contribution in [0.1, 0.15) is 11.1 Å². The van der Waals surface area contributed by atoms with Crippen molar-refractivity contribution < 1.29 is 36.6 Å². The Morgan fingerprint density at radius 3 is 1.60 bits per heavy atom. The predicted molar refractivity (Wildman–Crippen MR) is 77.9 cm³/mol. The van der Waals surface area contributed by atoms with Crippen molar-refractivity contribution >= 4 is 11.4 Å². The van der Waals surface area contributed by atoms with Crippen LogP contribution in [0.15, 0.2) is 36.4 Å². The summed E-state index contributed by atoms with van der Waals surface area (Å²) in [6.45, 7) is 0. The van der Waals surface area contributed by atoms with E-state index in [0.717, 1.165) is 0 Å². The minimum atomic E-state index is -5.85. The fourth-order valence-corrected chi connectivity index (χ4v) is 2.61. The van der Waals surface area contributed by atoms with E-state index in [1.165, 1.54) is 0 Å². The second-order valence-electron chi connectivity index (χ2n) is 5.25. The van der Waals surface area contributed by atoms with E-state index < -0.39 is 51.8 Å². The maximum Gasteiger partial charge on any atom is 0.411 e. The molecule has 0 radical (unpaired) electrons. The average Bonchev–Trinajstić information content (AvgIpc) is 2.47. The summed E-state index contributed by atoms with van der Waals surface area (Å²) in [5.74, 6) is -1.26. The van der Waals surface area contributed by atoms with Gasteiger partial charge in [-0.15, -0.1) is 0 Å². The Morgan fingerprint density at radius 1 is 0.680 bits per heavy atom. The number of anilines is 2. The number of benzene rings is 2. The fraction of sp³-hybridized carbons (Fsp3) is 0.200. The number of rotatable bonds is 2. The first kappa shape index (κ1) is 18.6. The molecule has 0 atom stereocenters. The summed E-state index contributed by atoms with van der Waals surface area (Å²) in [6.07, 6.45) is -11.7. The number of hydrogen-bond acceptors (Lipinski definition) is 4. The summed E-state index contributed by atoms with van der Waals surface area (Å²) in [5, 5.41) is 18.6. The topological polar surface area (TPSA) is 92.5 Å². The highest BCUT2D eigenvalue weighted by Gasteiger charge is 2.73. The number of phenols is 2. The lowest BCUT2D eigenvalue weighted by Crippen LogP contribution is -2.55. The smallest absolute Gasteiger partial charge is 0.411 e. The van der Waals surface area contributed by atoms with E-state index in [2.05, 4.69) is 0 Å². The van der Waals surface area contributed by atoms with Gasteiger partial charge in [-0.25, -0.2) is 0 Å². The Kier molecular flexibility index (Phi) is 4.19. The monoisotopic (exact) mass is 366 g/mol. The van der Waals surface area contributed by atoms with Crippen LogP contribution in [0.25, 0.3) is 0 Å². The molecule has 0 bridgehead atoms. The molecule has 0 saturated carbocycles. The molecule has 0 aliphatic rings. The van der Waals surface area contributed by atoms with Gasteiger partial charge in [-0.2, -0.15) is 26.3 Å². The molecule has 0 saturated heterocycles. The minimum absolute atomic E-state index is 0.425. The zero-order chi connectivity index (χ0) is 19.2. The molecule has 2 aromatic carbocycles. The molecule has 0 fully saturated rings. The molecule has 0 unspecified atom stereocenters. The molecular weight excluding hydrogens is 354 g/mol. The first-order valence-electron chi connectivity index (χ1n) is 6.64. The van der Waals surface area contributed by atoms with E-state index in [0.29, 0.717) is 36.4 Å². The number of phenolic OH excluding ortho intramolecular Hbond substituents is 2. The van der Waals surface area contributed by atoms with Crippen LogP contribution in [0.3, 0.4) is 0 Å². The van der Waals surface area contributed by atoms with Crippen LogP contribution >= 0.6 is 0 Å². The molecular formula is C15H12F6N2O2. The normalized spacial score (nSPS) is 13.0. The molecule has 136 valence electrons. The summed E-state index contributed by atoms with van der Waals surface area (Å²) in [4.78, 5) is 0. The van der Waals surface area contributed by atoms with Crippen LogP contribution in [0.2, 0.25) is 0 Å². The molecule has 0 amide bonds. The molecule has 0 spiro atoms. The zero-order valence-electron chi connectivity index (χ0n) is 12.3. The van der Waals surface area contributed by atoms with Crippen molar-refractivity contribution in [3.8, 4) is 11.5 Å². The number of nitrogens with two attached hydrogens (primary N) is 2. The Morgan fingerprint density at radius 2 is 1.16 bits per heavy atom. The molecule has 0 aromatic heterocycles. The van der Waals surface area contributed by atoms with Crippen LogP contribution in [0, 0.1) is 0 Å². The van der Waals surface area contributed by atoms with Crippen LogP contribution < -0.4 is 11.5 Å². The summed E-state index contributed by atoms with van der Waals surface area (Å²) in [7, 11) is 0. The average molecular weight is 366 g/mol. The van der Waals surface area contributed by atoms with Gasteiger partial charge in [0.15, 0.2) is 0 Å². The lowest BCUT2D eigenvalue weighted by atomic mass is 9.72. The maximum atomic E-state index is 13.8. The first-order valence-corrected chi connectivity index (χ1v) is 6.64. The number of aromatic hydroxyl groups is 2. The fourth-order valence-electron chi connectivity index (χ4n) is 2.61. The Bertz CT molecular complexity index is 770. The van der Waals surface area contributed by atoms with E-state index in [1.54, 1.807) is 0 Å². The highest BCUT2D eigenvalue weighted by molar-refractivity contribution is 5.76. The number of nitrogen functional groups attached to an aromatic ring is 2. The molecule has 4 nitrogen and oxygen atoms in total. The molecule has 0 aliphatic heterocycles. The second-order valence-corrected chi connectivity index (χ2v) is 5.25. The van der Waals surface area contributed by atoms with E-state index >= 15 is 0 Å². The summed E-state index contributed by atoms with van der Waals surface area (Å²) in [5.41, 5.74) is 1.80. The largest absolute Gasteiger partial charge is 0.508 e. The van der Waals surface area contributed by atoms with Crippen LogP contribution in [-0.2, 0) is 5.41 Å². The van der Waals surface area contributed by atoms with Crippen LogP contribution in [-0.4, -0.2) is 22.6 Å². The molecule has 2 aromatic rings. The third-order valence-corrected chi connectivity index (χ3v) is 3.82. The molecule has 0 heterocycles. The van der Waals surface area contributed by atoms with Gasteiger partial charge in [0.05, 0.1) is 11.4 Å². The first-order chi connectivity index (χ1) is 11.3. The van der Waals surface area contributed by atoms with Gasteiger partial charge in [0.1, 0.15) is 11.5 Å². The van der Waals surface area contributed by atoms with Crippen molar-refractivity contribution in [3.63, 3.8) is 0 Å². The number of halogens is 6. The summed E-state index contributed by atoms with van der Waals surface area (Å²) in [6, 6.07) is 3.42. The third-order valence-electron chi connectivity index (χ3n) is 3.82. The van der Waals surface area contributed by atoms with Gasteiger partial charge in [0.25, 0.3) is 0 Å².